The molecule has 0 saturated heterocycles. The van der Waals surface area contributed by atoms with Crippen LogP contribution in [0.5, 0.6) is 0 Å². The molecule has 15 heavy (non-hydrogen) atoms. The van der Waals surface area contributed by atoms with Crippen molar-refractivity contribution in [1.29, 1.82) is 0 Å². The molecule has 0 radical (unpaired) electrons. The molecule has 0 aliphatic carbocycles. The molecule has 0 fully saturated rings. The van der Waals surface area contributed by atoms with Gasteiger partial charge in [0.1, 0.15) is 0 Å². The number of carbonyl (C=O) groups is 3. The predicted molar refractivity (Wildman–Crippen MR) is 35.5 cm³/mol. The van der Waals surface area contributed by atoms with Crippen molar-refractivity contribution in [3.05, 3.63) is 0 Å². The first-order chi connectivity index (χ1) is 6.31. The van der Waals surface area contributed by atoms with Gasteiger partial charge in [-0.05, 0) is 0 Å². The third-order valence-corrected chi connectivity index (χ3v) is 1.34. The zero-order chi connectivity index (χ0) is 11.4. The van der Waals surface area contributed by atoms with Crippen LogP contribution in [-0.2, 0) is 19.3 Å². The van der Waals surface area contributed by atoms with Crippen LogP contribution in [0.4, 0.5) is 0 Å². The Bertz CT molecular complexity index is 246. The first kappa shape index (κ1) is 16.7. The van der Waals surface area contributed by atoms with Crippen LogP contribution < -0.4 is 34.7 Å². The van der Waals surface area contributed by atoms with E-state index in [2.05, 4.69) is 4.89 Å². The second kappa shape index (κ2) is 6.75. The number of hydrogen-bond acceptors (Lipinski definition) is 7. The minimum atomic E-state index is -2.82. The number of carboxylic acids is 2. The van der Waals surface area contributed by atoms with Gasteiger partial charge in [0.15, 0.2) is 5.60 Å². The molecule has 3 N–H and O–H groups in total. The van der Waals surface area contributed by atoms with Crippen molar-refractivity contribution in [3.63, 3.8) is 0 Å². The van der Waals surface area contributed by atoms with Crippen molar-refractivity contribution in [3.8, 4) is 0 Å². The van der Waals surface area contributed by atoms with Crippen molar-refractivity contribution in [2.24, 2.45) is 0 Å². The van der Waals surface area contributed by atoms with Crippen LogP contribution in [0.15, 0.2) is 0 Å². The summed E-state index contributed by atoms with van der Waals surface area (Å²) in [6.07, 6.45) is -2.49. The Morgan fingerprint density at radius 3 is 2.00 bits per heavy atom. The molecule has 0 aromatic carbocycles. The van der Waals surface area contributed by atoms with E-state index >= 15 is 0 Å². The minimum absolute atomic E-state index is 0. The average molecular weight is 230 g/mol. The van der Waals surface area contributed by atoms with Crippen LogP contribution in [0.3, 0.4) is 0 Å². The molecule has 0 saturated carbocycles. The number of carbonyl (C=O) groups excluding carboxylic acids is 2. The quantitative estimate of drug-likeness (QED) is 0.241. The molecule has 0 amide bonds. The van der Waals surface area contributed by atoms with Gasteiger partial charge in [-0.25, -0.2) is 4.79 Å². The van der Waals surface area contributed by atoms with Crippen LogP contribution in [0.2, 0.25) is 0 Å². The maximum atomic E-state index is 10.6. The summed E-state index contributed by atoms with van der Waals surface area (Å²) in [4.78, 5) is 33.9. The zero-order valence-electron chi connectivity index (χ0n) is 7.80. The summed E-state index contributed by atoms with van der Waals surface area (Å²) in [7, 11) is 0. The number of aliphatic hydroxyl groups is 1. The number of hydrogen-bond donors (Lipinski definition) is 3. The van der Waals surface area contributed by atoms with Crippen LogP contribution >= 0.6 is 0 Å². The normalized spacial score (nSPS) is 13.2. The summed E-state index contributed by atoms with van der Waals surface area (Å²) in [6.45, 7) is 0. The predicted octanol–water partition coefficient (Wildman–Crippen LogP) is -5.65. The maximum absolute atomic E-state index is 10.6. The molecular weight excluding hydrogens is 223 g/mol. The number of rotatable bonds is 5. The first-order valence-electron chi connectivity index (χ1n) is 3.31. The van der Waals surface area contributed by atoms with E-state index in [1.807, 2.05) is 0 Å². The molecule has 9 heteroatoms. The largest absolute Gasteiger partial charge is 1.00 e. The molecule has 0 aliphatic rings. The van der Waals surface area contributed by atoms with E-state index < -0.39 is 36.4 Å². The van der Waals surface area contributed by atoms with Crippen LogP contribution in [0.1, 0.15) is 12.8 Å². The van der Waals surface area contributed by atoms with E-state index in [1.54, 1.807) is 0 Å². The second-order valence-electron chi connectivity index (χ2n) is 2.53. The van der Waals surface area contributed by atoms with Crippen LogP contribution in [0.25, 0.3) is 0 Å². The Kier molecular flexibility index (Phi) is 7.53. The van der Waals surface area contributed by atoms with Gasteiger partial charge in [-0.1, -0.05) is 0 Å². The van der Waals surface area contributed by atoms with Crippen LogP contribution in [-0.4, -0.2) is 39.0 Å². The molecule has 0 bridgehead atoms. The molecule has 1 unspecified atom stereocenters. The first-order valence-corrected chi connectivity index (χ1v) is 3.31. The Morgan fingerprint density at radius 1 is 1.27 bits per heavy atom. The number of aliphatic carboxylic acids is 2. The molecular formula is C6H7NaO8. The molecule has 0 heterocycles. The van der Waals surface area contributed by atoms with Gasteiger partial charge in [-0.15, -0.1) is 0 Å². The summed E-state index contributed by atoms with van der Waals surface area (Å²) in [5.74, 6) is -5.23. The van der Waals surface area contributed by atoms with Gasteiger partial charge in [0, 0.05) is 12.4 Å². The monoisotopic (exact) mass is 230 g/mol. The molecule has 0 aromatic heterocycles. The van der Waals surface area contributed by atoms with Gasteiger partial charge in [0.25, 0.3) is 0 Å². The smallest absolute Gasteiger partial charge is 0.550 e. The SMILES string of the molecule is O=C([O-])CC(O)(CC(=O)O)C(=O)OO.[Na+]. The zero-order valence-corrected chi connectivity index (χ0v) is 9.80. The maximum Gasteiger partial charge on any atom is 1.00 e. The third-order valence-electron chi connectivity index (χ3n) is 1.34. The Hall–Kier alpha value is -0.670. The van der Waals surface area contributed by atoms with Crippen molar-refractivity contribution < 1.29 is 69.4 Å². The minimum Gasteiger partial charge on any atom is -0.550 e. The Morgan fingerprint density at radius 2 is 1.73 bits per heavy atom. The van der Waals surface area contributed by atoms with Crippen LogP contribution in [0, 0.1) is 0 Å². The topological polar surface area (TPSA) is 144 Å². The van der Waals surface area contributed by atoms with Gasteiger partial charge in [-0.3, -0.25) is 9.68 Å². The van der Waals surface area contributed by atoms with E-state index in [0.29, 0.717) is 0 Å². The standard InChI is InChI=1S/C6H8O8.Na/c7-3(8)1-6(12,2-4(9)10)5(11)14-13;/h12-13H,1-2H2,(H,7,8)(H,9,10);/q;+1/p-1. The van der Waals surface area contributed by atoms with Crippen molar-refractivity contribution in [2.75, 3.05) is 0 Å². The molecule has 0 aliphatic heterocycles. The van der Waals surface area contributed by atoms with Crippen molar-refractivity contribution in [1.82, 2.24) is 0 Å². The summed E-state index contributed by atoms with van der Waals surface area (Å²) in [5, 5.41) is 35.4. The summed E-state index contributed by atoms with van der Waals surface area (Å²) in [5.41, 5.74) is -2.82. The van der Waals surface area contributed by atoms with E-state index in [-0.39, 0.29) is 29.6 Å². The second-order valence-corrected chi connectivity index (χ2v) is 2.53. The summed E-state index contributed by atoms with van der Waals surface area (Å²) >= 11 is 0. The molecule has 0 aromatic rings. The fourth-order valence-corrected chi connectivity index (χ4v) is 0.781. The van der Waals surface area contributed by atoms with Gasteiger partial charge in [0.2, 0.25) is 0 Å². The van der Waals surface area contributed by atoms with E-state index in [1.165, 1.54) is 0 Å². The third kappa shape index (κ3) is 5.70. The van der Waals surface area contributed by atoms with Crippen molar-refractivity contribution >= 4 is 17.9 Å². The van der Waals surface area contributed by atoms with Gasteiger partial charge in [-0.2, -0.15) is 5.26 Å². The fourth-order valence-electron chi connectivity index (χ4n) is 0.781. The Balaban J connectivity index is 0. The summed E-state index contributed by atoms with van der Waals surface area (Å²) < 4.78 is 0. The summed E-state index contributed by atoms with van der Waals surface area (Å²) in [6, 6.07) is 0. The van der Waals surface area contributed by atoms with Gasteiger partial charge in [0.05, 0.1) is 6.42 Å². The van der Waals surface area contributed by atoms with E-state index in [9.17, 15) is 24.6 Å². The Labute approximate surface area is 106 Å². The van der Waals surface area contributed by atoms with E-state index in [4.69, 9.17) is 10.4 Å². The molecule has 8 nitrogen and oxygen atoms in total. The molecule has 0 spiro atoms. The van der Waals surface area contributed by atoms with Gasteiger partial charge < -0.3 is 20.1 Å². The fraction of sp³-hybridized carbons (Fsp3) is 0.500. The average Bonchev–Trinajstić information content (AvgIpc) is 1.99. The number of carboxylic acid groups (broad SMARTS) is 2. The molecule has 0 rings (SSSR count). The van der Waals surface area contributed by atoms with Gasteiger partial charge >= 0.3 is 41.5 Å². The van der Waals surface area contributed by atoms with E-state index in [0.717, 1.165) is 0 Å². The van der Waals surface area contributed by atoms with Crippen molar-refractivity contribution in [2.45, 2.75) is 18.4 Å². The molecule has 80 valence electrons. The molecule has 1 atom stereocenters.